The Morgan fingerprint density at radius 2 is 2.25 bits per heavy atom. The molecule has 72 valence electrons. The molecule has 0 aromatic rings. The first kappa shape index (κ1) is 11.8. The summed E-state index contributed by atoms with van der Waals surface area (Å²) in [7, 11) is 1.66. The quantitative estimate of drug-likeness (QED) is 0.598. The Morgan fingerprint density at radius 3 is 2.75 bits per heavy atom. The molecule has 3 nitrogen and oxygen atoms in total. The minimum Gasteiger partial charge on any atom is -0.358 e. The third kappa shape index (κ3) is 5.43. The van der Waals surface area contributed by atoms with Gasteiger partial charge in [-0.15, -0.1) is 0 Å². The fraction of sp³-hybridized carbons (Fsp3) is 0.875. The molecule has 0 saturated carbocycles. The second kappa shape index (κ2) is 7.43. The monoisotopic (exact) mass is 190 g/mol. The molecule has 0 spiro atoms. The fourth-order valence-electron chi connectivity index (χ4n) is 0.844. The predicted octanol–water partition coefficient (Wildman–Crippen LogP) is 0.464. The summed E-state index contributed by atoms with van der Waals surface area (Å²) in [5, 5.41) is 5.74. The first-order chi connectivity index (χ1) is 5.72. The molecule has 0 heterocycles. The third-order valence-corrected chi connectivity index (χ3v) is 2.31. The summed E-state index contributed by atoms with van der Waals surface area (Å²) in [5.74, 6) is 1.20. The second-order valence-electron chi connectivity index (χ2n) is 2.64. The van der Waals surface area contributed by atoms with Crippen molar-refractivity contribution in [1.82, 2.24) is 10.6 Å². The average molecular weight is 190 g/mol. The fourth-order valence-corrected chi connectivity index (χ4v) is 1.28. The van der Waals surface area contributed by atoms with Gasteiger partial charge in [-0.1, -0.05) is 0 Å². The van der Waals surface area contributed by atoms with Crippen LogP contribution in [0.1, 0.15) is 13.3 Å². The Labute approximate surface area is 78.7 Å². The van der Waals surface area contributed by atoms with Crippen LogP contribution in [-0.4, -0.2) is 37.6 Å². The Bertz CT molecular complexity index is 130. The molecule has 0 aliphatic rings. The smallest absolute Gasteiger partial charge is 0.236 e. The van der Waals surface area contributed by atoms with Gasteiger partial charge in [0.05, 0.1) is 6.04 Å². The van der Waals surface area contributed by atoms with Gasteiger partial charge in [0.1, 0.15) is 0 Å². The van der Waals surface area contributed by atoms with E-state index in [1.807, 2.05) is 18.7 Å². The number of carbonyl (C=O) groups excluding carboxylic acids is 1. The maximum absolute atomic E-state index is 11.0. The minimum atomic E-state index is -0.0724. The van der Waals surface area contributed by atoms with E-state index in [1.165, 1.54) is 0 Å². The maximum Gasteiger partial charge on any atom is 0.236 e. The van der Waals surface area contributed by atoms with Gasteiger partial charge in [0.2, 0.25) is 5.91 Å². The van der Waals surface area contributed by atoms with Crippen LogP contribution in [0.2, 0.25) is 0 Å². The van der Waals surface area contributed by atoms with E-state index in [4.69, 9.17) is 0 Å². The number of carbonyl (C=O) groups is 1. The number of rotatable bonds is 6. The van der Waals surface area contributed by atoms with Crippen LogP contribution in [0, 0.1) is 0 Å². The van der Waals surface area contributed by atoms with Gasteiger partial charge in [-0.05, 0) is 31.9 Å². The van der Waals surface area contributed by atoms with Gasteiger partial charge in [0.15, 0.2) is 0 Å². The van der Waals surface area contributed by atoms with Crippen molar-refractivity contribution in [2.45, 2.75) is 19.4 Å². The Kier molecular flexibility index (Phi) is 7.29. The van der Waals surface area contributed by atoms with E-state index in [9.17, 15) is 4.79 Å². The van der Waals surface area contributed by atoms with Crippen LogP contribution in [0.5, 0.6) is 0 Å². The van der Waals surface area contributed by atoms with Gasteiger partial charge in [0.25, 0.3) is 0 Å². The van der Waals surface area contributed by atoms with Gasteiger partial charge in [0, 0.05) is 7.05 Å². The summed E-state index contributed by atoms with van der Waals surface area (Å²) in [6.45, 7) is 2.79. The van der Waals surface area contributed by atoms with E-state index >= 15 is 0 Å². The highest BCUT2D eigenvalue weighted by atomic mass is 32.2. The van der Waals surface area contributed by atoms with Gasteiger partial charge < -0.3 is 10.6 Å². The highest BCUT2D eigenvalue weighted by molar-refractivity contribution is 7.98. The van der Waals surface area contributed by atoms with Crippen molar-refractivity contribution in [2.24, 2.45) is 0 Å². The Morgan fingerprint density at radius 1 is 1.58 bits per heavy atom. The lowest BCUT2D eigenvalue weighted by atomic mass is 10.3. The Balaban J connectivity index is 3.31. The normalized spacial score (nSPS) is 12.6. The summed E-state index contributed by atoms with van der Waals surface area (Å²) in [6, 6.07) is -0.0724. The van der Waals surface area contributed by atoms with E-state index in [0.29, 0.717) is 0 Å². The van der Waals surface area contributed by atoms with Crippen LogP contribution < -0.4 is 10.6 Å². The molecule has 0 aromatic carbocycles. The number of likely N-dealkylation sites (N-methyl/N-ethyl adjacent to an activating group) is 1. The van der Waals surface area contributed by atoms with E-state index in [0.717, 1.165) is 18.7 Å². The molecule has 0 bridgehead atoms. The van der Waals surface area contributed by atoms with Crippen molar-refractivity contribution in [3.05, 3.63) is 0 Å². The van der Waals surface area contributed by atoms with Crippen molar-refractivity contribution < 1.29 is 4.79 Å². The highest BCUT2D eigenvalue weighted by Crippen LogP contribution is 1.93. The zero-order valence-corrected chi connectivity index (χ0v) is 8.83. The molecule has 1 amide bonds. The topological polar surface area (TPSA) is 41.1 Å². The van der Waals surface area contributed by atoms with Crippen LogP contribution >= 0.6 is 11.8 Å². The number of nitrogens with one attached hydrogen (secondary N) is 2. The zero-order valence-electron chi connectivity index (χ0n) is 8.02. The number of hydrogen-bond donors (Lipinski definition) is 2. The molecule has 0 aliphatic carbocycles. The SMILES string of the molecule is CNC(=O)C(C)NCCCSC. The molecule has 1 unspecified atom stereocenters. The molecule has 0 saturated heterocycles. The van der Waals surface area contributed by atoms with E-state index < -0.39 is 0 Å². The van der Waals surface area contributed by atoms with Crippen LogP contribution in [0.25, 0.3) is 0 Å². The maximum atomic E-state index is 11.0. The Hall–Kier alpha value is -0.220. The molecular formula is C8H18N2OS. The summed E-state index contributed by atoms with van der Waals surface area (Å²) in [5.41, 5.74) is 0. The number of thioether (sulfide) groups is 1. The average Bonchev–Trinajstić information content (AvgIpc) is 2.10. The van der Waals surface area contributed by atoms with Crippen LogP contribution in [-0.2, 0) is 4.79 Å². The van der Waals surface area contributed by atoms with Gasteiger partial charge in [-0.3, -0.25) is 4.79 Å². The van der Waals surface area contributed by atoms with Crippen molar-refractivity contribution >= 4 is 17.7 Å². The molecule has 0 aromatic heterocycles. The van der Waals surface area contributed by atoms with Crippen molar-refractivity contribution in [3.8, 4) is 0 Å². The predicted molar refractivity (Wildman–Crippen MR) is 54.5 cm³/mol. The highest BCUT2D eigenvalue weighted by Gasteiger charge is 2.07. The van der Waals surface area contributed by atoms with E-state index in [2.05, 4.69) is 16.9 Å². The van der Waals surface area contributed by atoms with Gasteiger partial charge in [-0.25, -0.2) is 0 Å². The molecule has 0 fully saturated rings. The standard InChI is InChI=1S/C8H18N2OS/c1-7(8(11)9-2)10-5-4-6-12-3/h7,10H,4-6H2,1-3H3,(H,9,11). The molecule has 12 heavy (non-hydrogen) atoms. The zero-order chi connectivity index (χ0) is 9.40. The first-order valence-corrected chi connectivity index (χ1v) is 5.55. The lowest BCUT2D eigenvalue weighted by Gasteiger charge is -2.11. The van der Waals surface area contributed by atoms with Gasteiger partial charge in [-0.2, -0.15) is 11.8 Å². The largest absolute Gasteiger partial charge is 0.358 e. The third-order valence-electron chi connectivity index (χ3n) is 1.62. The summed E-state index contributed by atoms with van der Waals surface area (Å²) >= 11 is 1.83. The molecular weight excluding hydrogens is 172 g/mol. The summed E-state index contributed by atoms with van der Waals surface area (Å²) < 4.78 is 0. The van der Waals surface area contributed by atoms with E-state index in [-0.39, 0.29) is 11.9 Å². The first-order valence-electron chi connectivity index (χ1n) is 4.16. The lowest BCUT2D eigenvalue weighted by Crippen LogP contribution is -2.41. The molecule has 0 rings (SSSR count). The molecule has 0 radical (unpaired) electrons. The molecule has 0 aliphatic heterocycles. The van der Waals surface area contributed by atoms with Crippen LogP contribution in [0.15, 0.2) is 0 Å². The summed E-state index contributed by atoms with van der Waals surface area (Å²) in [4.78, 5) is 11.0. The number of amides is 1. The van der Waals surface area contributed by atoms with Crippen molar-refractivity contribution in [2.75, 3.05) is 25.6 Å². The molecule has 4 heteroatoms. The molecule has 2 N–H and O–H groups in total. The van der Waals surface area contributed by atoms with Crippen LogP contribution in [0.3, 0.4) is 0 Å². The summed E-state index contributed by atoms with van der Waals surface area (Å²) in [6.07, 6.45) is 3.20. The van der Waals surface area contributed by atoms with Gasteiger partial charge >= 0.3 is 0 Å². The lowest BCUT2D eigenvalue weighted by molar-refractivity contribution is -0.122. The molecule has 1 atom stereocenters. The number of hydrogen-bond acceptors (Lipinski definition) is 3. The van der Waals surface area contributed by atoms with E-state index in [1.54, 1.807) is 7.05 Å². The van der Waals surface area contributed by atoms with Crippen molar-refractivity contribution in [1.29, 1.82) is 0 Å². The van der Waals surface area contributed by atoms with Crippen LogP contribution in [0.4, 0.5) is 0 Å². The minimum absolute atomic E-state index is 0.0548. The van der Waals surface area contributed by atoms with Crippen molar-refractivity contribution in [3.63, 3.8) is 0 Å². The second-order valence-corrected chi connectivity index (χ2v) is 3.62.